The minimum absolute atomic E-state index is 0.374. The molecule has 0 aliphatic rings. The first-order valence-corrected chi connectivity index (χ1v) is 7.24. The van der Waals surface area contributed by atoms with Crippen LogP contribution < -0.4 is 10.2 Å². The Kier molecular flexibility index (Phi) is 4.72. The monoisotopic (exact) mass is 289 g/mol. The fraction of sp³-hybridized carbons (Fsp3) is 0.571. The van der Waals surface area contributed by atoms with Crippen molar-refractivity contribution in [3.05, 3.63) is 18.0 Å². The molecule has 0 aliphatic carbocycles. The van der Waals surface area contributed by atoms with Gasteiger partial charge in [-0.2, -0.15) is 20.1 Å². The predicted octanol–water partition coefficient (Wildman–Crippen LogP) is 2.07. The van der Waals surface area contributed by atoms with Gasteiger partial charge in [-0.3, -0.25) is 0 Å². The van der Waals surface area contributed by atoms with E-state index in [9.17, 15) is 0 Å². The number of nitrogens with zero attached hydrogens (tertiary/aromatic N) is 6. The predicted molar refractivity (Wildman–Crippen MR) is 84.1 cm³/mol. The van der Waals surface area contributed by atoms with Gasteiger partial charge >= 0.3 is 0 Å². The van der Waals surface area contributed by atoms with E-state index in [1.165, 1.54) is 0 Å². The fourth-order valence-electron chi connectivity index (χ4n) is 1.73. The van der Waals surface area contributed by atoms with Crippen LogP contribution in [0.15, 0.2) is 12.3 Å². The van der Waals surface area contributed by atoms with Gasteiger partial charge < -0.3 is 10.2 Å². The number of aromatic nitrogens is 5. The molecular formula is C14H23N7. The van der Waals surface area contributed by atoms with E-state index in [1.807, 2.05) is 31.3 Å². The van der Waals surface area contributed by atoms with Crippen molar-refractivity contribution in [3.63, 3.8) is 0 Å². The van der Waals surface area contributed by atoms with Gasteiger partial charge in [-0.25, -0.2) is 4.68 Å². The Morgan fingerprint density at radius 2 is 2.00 bits per heavy atom. The van der Waals surface area contributed by atoms with E-state index in [2.05, 4.69) is 46.1 Å². The molecule has 0 aliphatic heterocycles. The highest BCUT2D eigenvalue weighted by atomic mass is 15.4. The van der Waals surface area contributed by atoms with Gasteiger partial charge in [0, 0.05) is 26.8 Å². The first-order valence-electron chi connectivity index (χ1n) is 7.24. The Hall–Kier alpha value is -2.18. The Balaban J connectivity index is 2.38. The molecular weight excluding hydrogens is 266 g/mol. The third-order valence-electron chi connectivity index (χ3n) is 2.95. The highest BCUT2D eigenvalue weighted by Gasteiger charge is 2.11. The summed E-state index contributed by atoms with van der Waals surface area (Å²) in [6.45, 7) is 7.15. The van der Waals surface area contributed by atoms with Crippen molar-refractivity contribution in [2.24, 2.45) is 0 Å². The summed E-state index contributed by atoms with van der Waals surface area (Å²) in [4.78, 5) is 15.1. The molecule has 7 nitrogen and oxygen atoms in total. The van der Waals surface area contributed by atoms with Crippen LogP contribution in [0.4, 0.5) is 11.9 Å². The van der Waals surface area contributed by atoms with Crippen molar-refractivity contribution in [1.82, 2.24) is 24.7 Å². The maximum atomic E-state index is 4.52. The molecule has 7 heteroatoms. The van der Waals surface area contributed by atoms with Crippen LogP contribution in [0.5, 0.6) is 0 Å². The zero-order valence-electron chi connectivity index (χ0n) is 13.3. The molecule has 1 N–H and O–H groups in total. The van der Waals surface area contributed by atoms with Gasteiger partial charge in [-0.1, -0.05) is 20.8 Å². The van der Waals surface area contributed by atoms with Gasteiger partial charge in [0.05, 0.1) is 5.69 Å². The Bertz CT molecular complexity index is 589. The van der Waals surface area contributed by atoms with E-state index in [4.69, 9.17) is 0 Å². The molecule has 0 amide bonds. The molecule has 2 heterocycles. The summed E-state index contributed by atoms with van der Waals surface area (Å²) in [7, 11) is 3.82. The van der Waals surface area contributed by atoms with Crippen LogP contribution in [-0.4, -0.2) is 45.4 Å². The van der Waals surface area contributed by atoms with Crippen LogP contribution in [0, 0.1) is 0 Å². The molecule has 0 aromatic carbocycles. The highest BCUT2D eigenvalue weighted by Crippen LogP contribution is 2.14. The minimum atomic E-state index is 0.374. The second kappa shape index (κ2) is 6.51. The lowest BCUT2D eigenvalue weighted by atomic mass is 10.1. The van der Waals surface area contributed by atoms with Crippen LogP contribution in [0.2, 0.25) is 0 Å². The summed E-state index contributed by atoms with van der Waals surface area (Å²) in [5, 5.41) is 7.72. The molecule has 2 aromatic rings. The van der Waals surface area contributed by atoms with Gasteiger partial charge in [-0.15, -0.1) is 0 Å². The van der Waals surface area contributed by atoms with Gasteiger partial charge in [0.15, 0.2) is 0 Å². The quantitative estimate of drug-likeness (QED) is 0.877. The summed E-state index contributed by atoms with van der Waals surface area (Å²) in [6.07, 6.45) is 2.89. The first-order chi connectivity index (χ1) is 10.0. The Morgan fingerprint density at radius 1 is 1.24 bits per heavy atom. The molecule has 0 saturated carbocycles. The van der Waals surface area contributed by atoms with Crippen molar-refractivity contribution < 1.29 is 0 Å². The van der Waals surface area contributed by atoms with Crippen molar-refractivity contribution in [2.45, 2.75) is 33.1 Å². The lowest BCUT2D eigenvalue weighted by Crippen LogP contribution is -2.18. The van der Waals surface area contributed by atoms with E-state index in [0.717, 1.165) is 18.7 Å². The maximum Gasteiger partial charge on any atom is 0.257 e. The lowest BCUT2D eigenvalue weighted by Gasteiger charge is -2.13. The van der Waals surface area contributed by atoms with Gasteiger partial charge in [0.25, 0.3) is 5.95 Å². The summed E-state index contributed by atoms with van der Waals surface area (Å²) in [5.41, 5.74) is 1.02. The third-order valence-corrected chi connectivity index (χ3v) is 2.95. The summed E-state index contributed by atoms with van der Waals surface area (Å²) < 4.78 is 1.70. The normalized spacial score (nSPS) is 11.0. The highest BCUT2D eigenvalue weighted by molar-refractivity contribution is 5.38. The average Bonchev–Trinajstić information content (AvgIpc) is 2.94. The van der Waals surface area contributed by atoms with E-state index in [1.54, 1.807) is 4.68 Å². The second-order valence-corrected chi connectivity index (χ2v) is 5.42. The largest absolute Gasteiger partial charge is 0.354 e. The number of rotatable bonds is 6. The molecule has 0 spiro atoms. The lowest BCUT2D eigenvalue weighted by molar-refractivity contribution is 0.735. The summed E-state index contributed by atoms with van der Waals surface area (Å²) in [5.74, 6) is 2.09. The van der Waals surface area contributed by atoms with Crippen molar-refractivity contribution in [2.75, 3.05) is 30.9 Å². The topological polar surface area (TPSA) is 71.8 Å². The molecule has 0 bridgehead atoms. The molecule has 0 unspecified atom stereocenters. The number of nitrogens with one attached hydrogen (secondary N) is 1. The van der Waals surface area contributed by atoms with E-state index < -0.39 is 0 Å². The fourth-order valence-corrected chi connectivity index (χ4v) is 1.73. The van der Waals surface area contributed by atoms with Crippen LogP contribution >= 0.6 is 0 Å². The molecule has 21 heavy (non-hydrogen) atoms. The van der Waals surface area contributed by atoms with Crippen LogP contribution in [0.3, 0.4) is 0 Å². The third kappa shape index (κ3) is 3.68. The maximum absolute atomic E-state index is 4.52. The van der Waals surface area contributed by atoms with Crippen LogP contribution in [0.1, 0.15) is 38.8 Å². The second-order valence-electron chi connectivity index (χ2n) is 5.42. The molecule has 0 atom stereocenters. The first kappa shape index (κ1) is 15.2. The van der Waals surface area contributed by atoms with Gasteiger partial charge in [0.1, 0.15) is 0 Å². The molecule has 114 valence electrons. The number of anilines is 2. The molecule has 0 radical (unpaired) electrons. The van der Waals surface area contributed by atoms with E-state index >= 15 is 0 Å². The standard InChI is InChI=1S/C14H23N7/c1-6-8-15-12-16-13(20(4)5)18-14(17-12)21-9-7-11(19-21)10(2)3/h7,9-10H,6,8H2,1-5H3,(H,15,16,17,18). The zero-order chi connectivity index (χ0) is 15.4. The van der Waals surface area contributed by atoms with Crippen LogP contribution in [-0.2, 0) is 0 Å². The van der Waals surface area contributed by atoms with Crippen LogP contribution in [0.25, 0.3) is 5.95 Å². The van der Waals surface area contributed by atoms with Crippen molar-refractivity contribution >= 4 is 11.9 Å². The Morgan fingerprint density at radius 3 is 2.57 bits per heavy atom. The van der Waals surface area contributed by atoms with Gasteiger partial charge in [-0.05, 0) is 18.4 Å². The van der Waals surface area contributed by atoms with E-state index in [0.29, 0.717) is 23.8 Å². The molecule has 0 saturated heterocycles. The SMILES string of the molecule is CCCNc1nc(N(C)C)nc(-n2ccc(C(C)C)n2)n1. The van der Waals surface area contributed by atoms with E-state index in [-0.39, 0.29) is 0 Å². The summed E-state index contributed by atoms with van der Waals surface area (Å²) in [6, 6.07) is 1.99. The minimum Gasteiger partial charge on any atom is -0.354 e. The smallest absolute Gasteiger partial charge is 0.257 e. The average molecular weight is 289 g/mol. The van der Waals surface area contributed by atoms with Crippen molar-refractivity contribution in [1.29, 1.82) is 0 Å². The Labute approximate surface area is 125 Å². The van der Waals surface area contributed by atoms with Crippen molar-refractivity contribution in [3.8, 4) is 5.95 Å². The molecule has 2 aromatic heterocycles. The molecule has 0 fully saturated rings. The number of hydrogen-bond donors (Lipinski definition) is 1. The number of hydrogen-bond acceptors (Lipinski definition) is 6. The molecule has 2 rings (SSSR count). The zero-order valence-corrected chi connectivity index (χ0v) is 13.3. The van der Waals surface area contributed by atoms with Gasteiger partial charge in [0.2, 0.25) is 11.9 Å². The summed E-state index contributed by atoms with van der Waals surface area (Å²) >= 11 is 0.